The van der Waals surface area contributed by atoms with E-state index in [2.05, 4.69) is 6.92 Å². The smallest absolute Gasteiger partial charge is 0.239 e. The minimum absolute atomic E-state index is 0.102. The Labute approximate surface area is 93.0 Å². The average Bonchev–Trinajstić information content (AvgIpc) is 3.06. The Morgan fingerprint density at radius 1 is 1.53 bits per heavy atom. The number of nitrogens with zero attached hydrogens (tertiary/aromatic N) is 1. The van der Waals surface area contributed by atoms with E-state index in [4.69, 9.17) is 5.73 Å². The van der Waals surface area contributed by atoms with Gasteiger partial charge in [-0.25, -0.2) is 0 Å². The summed E-state index contributed by atoms with van der Waals surface area (Å²) in [5.74, 6) is 1.26. The quantitative estimate of drug-likeness (QED) is 0.727. The SMILES string of the molecule is CCC(C)C(N)C(=O)N(C)CCC1CC1. The summed E-state index contributed by atoms with van der Waals surface area (Å²) in [5.41, 5.74) is 5.90. The first kappa shape index (κ1) is 12.5. The van der Waals surface area contributed by atoms with Gasteiger partial charge in [0.25, 0.3) is 0 Å². The summed E-state index contributed by atoms with van der Waals surface area (Å²) in [5, 5.41) is 0. The molecule has 3 heteroatoms. The Morgan fingerprint density at radius 3 is 2.60 bits per heavy atom. The second-order valence-electron chi connectivity index (χ2n) is 4.90. The summed E-state index contributed by atoms with van der Waals surface area (Å²) in [6.07, 6.45) is 4.80. The van der Waals surface area contributed by atoms with Crippen molar-refractivity contribution in [2.45, 2.75) is 45.6 Å². The number of carbonyl (C=O) groups excluding carboxylic acids is 1. The normalized spacial score (nSPS) is 19.7. The summed E-state index contributed by atoms with van der Waals surface area (Å²) in [6.45, 7) is 4.98. The van der Waals surface area contributed by atoms with Crippen LogP contribution in [0.4, 0.5) is 0 Å². The van der Waals surface area contributed by atoms with E-state index in [-0.39, 0.29) is 17.9 Å². The van der Waals surface area contributed by atoms with Crippen molar-refractivity contribution in [1.82, 2.24) is 4.90 Å². The molecule has 0 radical (unpaired) electrons. The van der Waals surface area contributed by atoms with Gasteiger partial charge in [0.05, 0.1) is 6.04 Å². The third-order valence-electron chi connectivity index (χ3n) is 3.49. The number of carbonyl (C=O) groups is 1. The van der Waals surface area contributed by atoms with Gasteiger partial charge in [0.1, 0.15) is 0 Å². The molecule has 15 heavy (non-hydrogen) atoms. The van der Waals surface area contributed by atoms with Crippen LogP contribution in [0.1, 0.15) is 39.5 Å². The summed E-state index contributed by atoms with van der Waals surface area (Å²) in [7, 11) is 1.87. The fourth-order valence-corrected chi connectivity index (χ4v) is 1.64. The third kappa shape index (κ3) is 3.82. The van der Waals surface area contributed by atoms with Crippen LogP contribution >= 0.6 is 0 Å². The minimum atomic E-state index is -0.320. The first-order valence-electron chi connectivity index (χ1n) is 6.06. The molecule has 1 aliphatic carbocycles. The zero-order valence-electron chi connectivity index (χ0n) is 10.2. The van der Waals surface area contributed by atoms with Crippen molar-refractivity contribution in [3.8, 4) is 0 Å². The minimum Gasteiger partial charge on any atom is -0.344 e. The van der Waals surface area contributed by atoms with E-state index in [1.807, 2.05) is 14.0 Å². The van der Waals surface area contributed by atoms with Gasteiger partial charge in [-0.3, -0.25) is 4.79 Å². The number of amides is 1. The van der Waals surface area contributed by atoms with E-state index in [0.717, 1.165) is 25.3 Å². The first-order valence-corrected chi connectivity index (χ1v) is 6.06. The average molecular weight is 212 g/mol. The molecule has 88 valence electrons. The third-order valence-corrected chi connectivity index (χ3v) is 3.49. The maximum Gasteiger partial charge on any atom is 0.239 e. The fourth-order valence-electron chi connectivity index (χ4n) is 1.64. The van der Waals surface area contributed by atoms with Gasteiger partial charge in [0.15, 0.2) is 0 Å². The Bertz CT molecular complexity index is 214. The highest BCUT2D eigenvalue weighted by molar-refractivity contribution is 5.81. The van der Waals surface area contributed by atoms with Gasteiger partial charge in [-0.2, -0.15) is 0 Å². The summed E-state index contributed by atoms with van der Waals surface area (Å²) < 4.78 is 0. The number of hydrogen-bond donors (Lipinski definition) is 1. The number of likely N-dealkylation sites (N-methyl/N-ethyl adjacent to an activating group) is 1. The molecule has 0 aliphatic heterocycles. The molecule has 1 aliphatic rings. The number of hydrogen-bond acceptors (Lipinski definition) is 2. The second kappa shape index (κ2) is 5.50. The van der Waals surface area contributed by atoms with E-state index in [9.17, 15) is 4.79 Å². The van der Waals surface area contributed by atoms with Gasteiger partial charge in [-0.15, -0.1) is 0 Å². The molecule has 0 spiro atoms. The molecule has 1 fully saturated rings. The van der Waals surface area contributed by atoms with Crippen LogP contribution in [0.2, 0.25) is 0 Å². The molecule has 0 aromatic carbocycles. The summed E-state index contributed by atoms with van der Waals surface area (Å²) in [4.78, 5) is 13.7. The van der Waals surface area contributed by atoms with Crippen LogP contribution in [0.15, 0.2) is 0 Å². The molecule has 1 rings (SSSR count). The van der Waals surface area contributed by atoms with Gasteiger partial charge in [-0.1, -0.05) is 33.1 Å². The highest BCUT2D eigenvalue weighted by Crippen LogP contribution is 2.32. The van der Waals surface area contributed by atoms with Crippen LogP contribution in [-0.4, -0.2) is 30.4 Å². The van der Waals surface area contributed by atoms with Gasteiger partial charge in [-0.05, 0) is 18.3 Å². The second-order valence-corrected chi connectivity index (χ2v) is 4.90. The van der Waals surface area contributed by atoms with E-state index < -0.39 is 0 Å². The van der Waals surface area contributed by atoms with Crippen LogP contribution < -0.4 is 5.73 Å². The Balaban J connectivity index is 2.29. The van der Waals surface area contributed by atoms with Gasteiger partial charge < -0.3 is 10.6 Å². The van der Waals surface area contributed by atoms with E-state index in [0.29, 0.717) is 0 Å². The van der Waals surface area contributed by atoms with Gasteiger partial charge >= 0.3 is 0 Å². The molecule has 0 heterocycles. The fraction of sp³-hybridized carbons (Fsp3) is 0.917. The molecule has 1 saturated carbocycles. The van der Waals surface area contributed by atoms with Crippen LogP contribution in [0.3, 0.4) is 0 Å². The molecule has 2 N–H and O–H groups in total. The van der Waals surface area contributed by atoms with Crippen LogP contribution in [-0.2, 0) is 4.79 Å². The van der Waals surface area contributed by atoms with E-state index in [1.54, 1.807) is 4.90 Å². The predicted molar refractivity (Wildman–Crippen MR) is 62.4 cm³/mol. The van der Waals surface area contributed by atoms with Crippen molar-refractivity contribution in [1.29, 1.82) is 0 Å². The predicted octanol–water partition coefficient (Wildman–Crippen LogP) is 1.62. The standard InChI is InChI=1S/C12H24N2O/c1-4-9(2)11(13)12(15)14(3)8-7-10-5-6-10/h9-11H,4-8,13H2,1-3H3. The molecule has 2 unspecified atom stereocenters. The van der Waals surface area contributed by atoms with Crippen LogP contribution in [0.25, 0.3) is 0 Å². The zero-order valence-corrected chi connectivity index (χ0v) is 10.2. The molecule has 0 aromatic rings. The van der Waals surface area contributed by atoms with Crippen molar-refractivity contribution in [2.24, 2.45) is 17.6 Å². The molecule has 1 amide bonds. The lowest BCUT2D eigenvalue weighted by molar-refractivity contribution is -0.132. The maximum atomic E-state index is 11.9. The molecule has 3 nitrogen and oxygen atoms in total. The molecule has 0 aromatic heterocycles. The van der Waals surface area contributed by atoms with E-state index in [1.165, 1.54) is 12.8 Å². The molecule has 2 atom stereocenters. The van der Waals surface area contributed by atoms with E-state index >= 15 is 0 Å². The maximum absolute atomic E-state index is 11.9. The number of rotatable bonds is 6. The van der Waals surface area contributed by atoms with Crippen molar-refractivity contribution in [2.75, 3.05) is 13.6 Å². The van der Waals surface area contributed by atoms with Crippen molar-refractivity contribution in [3.05, 3.63) is 0 Å². The highest BCUT2D eigenvalue weighted by atomic mass is 16.2. The Kier molecular flexibility index (Phi) is 4.58. The molecule has 0 bridgehead atoms. The molecular formula is C12H24N2O. The lowest BCUT2D eigenvalue weighted by Crippen LogP contribution is -2.45. The van der Waals surface area contributed by atoms with Crippen molar-refractivity contribution < 1.29 is 4.79 Å². The van der Waals surface area contributed by atoms with Crippen molar-refractivity contribution >= 4 is 5.91 Å². The van der Waals surface area contributed by atoms with Crippen LogP contribution in [0.5, 0.6) is 0 Å². The monoisotopic (exact) mass is 212 g/mol. The largest absolute Gasteiger partial charge is 0.344 e. The summed E-state index contributed by atoms with van der Waals surface area (Å²) >= 11 is 0. The first-order chi connectivity index (χ1) is 7.06. The zero-order chi connectivity index (χ0) is 11.4. The van der Waals surface area contributed by atoms with Crippen molar-refractivity contribution in [3.63, 3.8) is 0 Å². The summed E-state index contributed by atoms with van der Waals surface area (Å²) in [6, 6.07) is -0.320. The Morgan fingerprint density at radius 2 is 2.13 bits per heavy atom. The van der Waals surface area contributed by atoms with Gasteiger partial charge in [0, 0.05) is 13.6 Å². The van der Waals surface area contributed by atoms with Crippen LogP contribution in [0, 0.1) is 11.8 Å². The topological polar surface area (TPSA) is 46.3 Å². The lowest BCUT2D eigenvalue weighted by atomic mass is 9.99. The number of nitrogens with two attached hydrogens (primary N) is 1. The lowest BCUT2D eigenvalue weighted by Gasteiger charge is -2.24. The van der Waals surface area contributed by atoms with Gasteiger partial charge in [0.2, 0.25) is 5.91 Å². The Hall–Kier alpha value is -0.570. The molecule has 0 saturated heterocycles. The molecular weight excluding hydrogens is 188 g/mol. The highest BCUT2D eigenvalue weighted by Gasteiger charge is 2.25.